The molecule has 0 atom stereocenters. The highest BCUT2D eigenvalue weighted by atomic mass is 32.1. The fourth-order valence-corrected chi connectivity index (χ4v) is 3.49. The van der Waals surface area contributed by atoms with E-state index < -0.39 is 18.1 Å². The number of nitrogens with one attached hydrogen (secondary N) is 2. The first-order valence-corrected chi connectivity index (χ1v) is 9.82. The summed E-state index contributed by atoms with van der Waals surface area (Å²) in [6.07, 6.45) is -0.896. The molecule has 2 N–H and O–H groups in total. The lowest BCUT2D eigenvalue weighted by Gasteiger charge is -2.14. The quantitative estimate of drug-likeness (QED) is 0.570. The molecule has 1 aromatic carbocycles. The molecule has 10 heteroatoms. The minimum absolute atomic E-state index is 0.0838. The summed E-state index contributed by atoms with van der Waals surface area (Å²) >= 11 is 1.32. The van der Waals surface area contributed by atoms with E-state index in [0.717, 1.165) is 5.56 Å². The van der Waals surface area contributed by atoms with E-state index in [1.807, 2.05) is 35.6 Å². The Bertz CT molecular complexity index is 1070. The maximum absolute atomic E-state index is 12.3. The van der Waals surface area contributed by atoms with E-state index in [2.05, 4.69) is 15.0 Å². The van der Waals surface area contributed by atoms with Gasteiger partial charge in [-0.2, -0.15) is 0 Å². The van der Waals surface area contributed by atoms with Crippen molar-refractivity contribution in [1.29, 1.82) is 0 Å². The number of hydrogen-bond acceptors (Lipinski definition) is 8. The zero-order chi connectivity index (χ0) is 21.5. The molecule has 3 aromatic rings. The van der Waals surface area contributed by atoms with E-state index in [1.165, 1.54) is 18.4 Å². The number of alkyl carbamates (subject to hydrolysis) is 1. The van der Waals surface area contributed by atoms with Crippen LogP contribution in [0.2, 0.25) is 0 Å². The highest BCUT2D eigenvalue weighted by Gasteiger charge is 2.24. The van der Waals surface area contributed by atoms with E-state index in [4.69, 9.17) is 9.47 Å². The number of hydrogen-bond donors (Lipinski definition) is 2. The molecule has 2 heterocycles. The van der Waals surface area contributed by atoms with Crippen molar-refractivity contribution in [2.45, 2.75) is 13.5 Å². The third-order valence-corrected chi connectivity index (χ3v) is 4.81. The first-order chi connectivity index (χ1) is 14.5. The van der Waals surface area contributed by atoms with Crippen molar-refractivity contribution in [3.8, 4) is 5.75 Å². The molecule has 0 aliphatic heterocycles. The summed E-state index contributed by atoms with van der Waals surface area (Å²) in [5, 5.41) is 6.80. The van der Waals surface area contributed by atoms with Gasteiger partial charge in [-0.3, -0.25) is 5.32 Å². The third-order valence-electron chi connectivity index (χ3n) is 3.89. The van der Waals surface area contributed by atoms with Crippen LogP contribution >= 0.6 is 11.3 Å². The number of esters is 1. The second kappa shape index (κ2) is 9.70. The number of amides is 3. The SMILES string of the molecule is CCOC(=O)NC(=O)Nc1nc(C(=O)OC)c(OCc2ccccc2)c2sccc12. The molecule has 0 spiro atoms. The molecule has 0 radical (unpaired) electrons. The number of imide groups is 1. The van der Waals surface area contributed by atoms with Crippen LogP contribution in [-0.4, -0.2) is 36.8 Å². The number of nitrogens with zero attached hydrogens (tertiary/aromatic N) is 1. The fourth-order valence-electron chi connectivity index (χ4n) is 2.59. The number of rotatable bonds is 6. The molecule has 2 aromatic heterocycles. The molecular weight excluding hydrogens is 410 g/mol. The Morgan fingerprint density at radius 3 is 2.60 bits per heavy atom. The van der Waals surface area contributed by atoms with Crippen molar-refractivity contribution in [3.05, 3.63) is 53.0 Å². The monoisotopic (exact) mass is 429 g/mol. The molecule has 0 aliphatic carbocycles. The van der Waals surface area contributed by atoms with E-state index in [9.17, 15) is 14.4 Å². The van der Waals surface area contributed by atoms with E-state index in [1.54, 1.807) is 18.4 Å². The van der Waals surface area contributed by atoms with Gasteiger partial charge in [-0.15, -0.1) is 11.3 Å². The number of pyridine rings is 1. The van der Waals surface area contributed by atoms with Crippen LogP contribution in [0.3, 0.4) is 0 Å². The predicted molar refractivity (Wildman–Crippen MR) is 111 cm³/mol. The number of benzene rings is 1. The lowest BCUT2D eigenvalue weighted by molar-refractivity contribution is 0.0589. The molecule has 0 unspecified atom stereocenters. The van der Waals surface area contributed by atoms with Gasteiger partial charge in [-0.1, -0.05) is 30.3 Å². The maximum Gasteiger partial charge on any atom is 0.415 e. The Morgan fingerprint density at radius 2 is 1.90 bits per heavy atom. The normalized spacial score (nSPS) is 10.3. The second-order valence-electron chi connectivity index (χ2n) is 5.87. The van der Waals surface area contributed by atoms with Gasteiger partial charge < -0.3 is 14.2 Å². The Labute approximate surface area is 176 Å². The van der Waals surface area contributed by atoms with E-state index in [0.29, 0.717) is 10.1 Å². The molecular formula is C20H19N3O6S. The molecule has 30 heavy (non-hydrogen) atoms. The van der Waals surface area contributed by atoms with Crippen LogP contribution in [0.25, 0.3) is 10.1 Å². The van der Waals surface area contributed by atoms with E-state index >= 15 is 0 Å². The van der Waals surface area contributed by atoms with Crippen LogP contribution in [0.15, 0.2) is 41.8 Å². The lowest BCUT2D eigenvalue weighted by Crippen LogP contribution is -2.35. The van der Waals surface area contributed by atoms with Crippen LogP contribution in [0.1, 0.15) is 23.0 Å². The predicted octanol–water partition coefficient (Wildman–Crippen LogP) is 3.94. The number of methoxy groups -OCH3 is 1. The summed E-state index contributed by atoms with van der Waals surface area (Å²) in [6, 6.07) is 10.3. The van der Waals surface area contributed by atoms with Gasteiger partial charge in [0, 0.05) is 5.39 Å². The Morgan fingerprint density at radius 1 is 1.13 bits per heavy atom. The first kappa shape index (κ1) is 21.1. The molecule has 0 fully saturated rings. The first-order valence-electron chi connectivity index (χ1n) is 8.94. The van der Waals surface area contributed by atoms with Crippen LogP contribution in [0.4, 0.5) is 15.4 Å². The number of carbonyl (C=O) groups is 3. The van der Waals surface area contributed by atoms with Crippen molar-refractivity contribution in [2.75, 3.05) is 19.0 Å². The summed E-state index contributed by atoms with van der Waals surface area (Å²) in [7, 11) is 1.23. The number of carbonyl (C=O) groups excluding carboxylic acids is 3. The molecule has 3 rings (SSSR count). The minimum Gasteiger partial charge on any atom is -0.485 e. The smallest absolute Gasteiger partial charge is 0.415 e. The van der Waals surface area contributed by atoms with E-state index in [-0.39, 0.29) is 30.5 Å². The topological polar surface area (TPSA) is 116 Å². The van der Waals surface area contributed by atoms with Gasteiger partial charge in [-0.25, -0.2) is 24.7 Å². The summed E-state index contributed by atoms with van der Waals surface area (Å²) in [5.41, 5.74) is 0.823. The van der Waals surface area contributed by atoms with Crippen molar-refractivity contribution in [1.82, 2.24) is 10.3 Å². The van der Waals surface area contributed by atoms with Gasteiger partial charge in [0.25, 0.3) is 0 Å². The largest absolute Gasteiger partial charge is 0.485 e. The average molecular weight is 429 g/mol. The molecule has 156 valence electrons. The van der Waals surface area contributed by atoms with Crippen LogP contribution < -0.4 is 15.4 Å². The summed E-state index contributed by atoms with van der Waals surface area (Å²) in [4.78, 5) is 40.1. The summed E-state index contributed by atoms with van der Waals surface area (Å²) in [6.45, 7) is 1.95. The Hall–Kier alpha value is -3.66. The van der Waals surface area contributed by atoms with Crippen molar-refractivity contribution < 1.29 is 28.6 Å². The summed E-state index contributed by atoms with van der Waals surface area (Å²) < 4.78 is 16.0. The number of ether oxygens (including phenoxy) is 3. The zero-order valence-electron chi connectivity index (χ0n) is 16.3. The number of anilines is 1. The van der Waals surface area contributed by atoms with Gasteiger partial charge in [0.2, 0.25) is 0 Å². The Balaban J connectivity index is 1.94. The number of aromatic nitrogens is 1. The molecule has 3 amide bonds. The molecule has 0 saturated carbocycles. The number of urea groups is 1. The Kier molecular flexibility index (Phi) is 6.81. The highest BCUT2D eigenvalue weighted by molar-refractivity contribution is 7.17. The average Bonchev–Trinajstić information content (AvgIpc) is 3.23. The van der Waals surface area contributed by atoms with Gasteiger partial charge in [-0.05, 0) is 23.9 Å². The van der Waals surface area contributed by atoms with Crippen LogP contribution in [0, 0.1) is 0 Å². The van der Waals surface area contributed by atoms with Gasteiger partial charge in [0.1, 0.15) is 12.4 Å². The molecule has 0 aliphatic rings. The van der Waals surface area contributed by atoms with Crippen molar-refractivity contribution in [2.24, 2.45) is 0 Å². The van der Waals surface area contributed by atoms with Crippen molar-refractivity contribution >= 4 is 45.3 Å². The number of fused-ring (bicyclic) bond motifs is 1. The lowest BCUT2D eigenvalue weighted by atomic mass is 10.2. The molecule has 0 bridgehead atoms. The molecule has 9 nitrogen and oxygen atoms in total. The second-order valence-corrected chi connectivity index (χ2v) is 6.78. The summed E-state index contributed by atoms with van der Waals surface area (Å²) in [5.74, 6) is -0.380. The minimum atomic E-state index is -0.896. The standard InChI is InChI=1S/C20H19N3O6S/c1-3-28-20(26)23-19(25)22-17-13-9-10-30-16(13)15(14(21-17)18(24)27-2)29-11-12-7-5-4-6-8-12/h4-10H,3,11H2,1-2H3,(H2,21,22,23,25,26). The maximum atomic E-state index is 12.3. The van der Waals surface area contributed by atoms with Crippen LogP contribution in [0.5, 0.6) is 5.75 Å². The highest BCUT2D eigenvalue weighted by Crippen LogP contribution is 2.37. The molecule has 0 saturated heterocycles. The van der Waals surface area contributed by atoms with Crippen molar-refractivity contribution in [3.63, 3.8) is 0 Å². The van der Waals surface area contributed by atoms with Gasteiger partial charge in [0.05, 0.1) is 18.4 Å². The third kappa shape index (κ3) is 4.84. The number of thiophene rings is 1. The zero-order valence-corrected chi connectivity index (χ0v) is 17.1. The van der Waals surface area contributed by atoms with Gasteiger partial charge in [0.15, 0.2) is 11.4 Å². The van der Waals surface area contributed by atoms with Crippen LogP contribution in [-0.2, 0) is 16.1 Å². The fraction of sp³-hybridized carbons (Fsp3) is 0.200. The van der Waals surface area contributed by atoms with Gasteiger partial charge >= 0.3 is 18.1 Å².